The highest BCUT2D eigenvalue weighted by atomic mass is 19.4. The van der Waals surface area contributed by atoms with Gasteiger partial charge in [0.15, 0.2) is 17.1 Å². The number of Topliss-reactive ketones (excluding diaryl/α,β-unsaturated/α-hetero) is 2. The van der Waals surface area contributed by atoms with Crippen LogP contribution in [0.3, 0.4) is 0 Å². The molecule has 10 N–H and O–H groups in total. The Hall–Kier alpha value is -4.74. The van der Waals surface area contributed by atoms with Gasteiger partial charge in [-0.3, -0.25) is 24.1 Å². The summed E-state index contributed by atoms with van der Waals surface area (Å²) < 4.78 is 31.7. The van der Waals surface area contributed by atoms with Crippen molar-refractivity contribution in [1.82, 2.24) is 4.90 Å². The first-order valence-corrected chi connectivity index (χ1v) is 13.7. The van der Waals surface area contributed by atoms with E-state index in [1.807, 2.05) is 0 Å². The van der Waals surface area contributed by atoms with Crippen molar-refractivity contribution >= 4 is 45.8 Å². The monoisotopic (exact) mass is 654 g/mol. The number of carbonyl (C=O) groups excluding carboxylic acids is 4. The van der Waals surface area contributed by atoms with Gasteiger partial charge in [0.1, 0.15) is 17.1 Å². The number of nitrogens with one attached hydrogen (secondary N) is 1. The molecule has 2 aromatic rings. The Bertz CT molecular complexity index is 1670. The van der Waals surface area contributed by atoms with Crippen LogP contribution in [-0.4, -0.2) is 98.2 Å². The van der Waals surface area contributed by atoms with E-state index in [2.05, 4.69) is 5.32 Å². The van der Waals surface area contributed by atoms with Crippen LogP contribution in [0.4, 0.5) is 18.9 Å². The molecule has 0 saturated heterocycles. The van der Waals surface area contributed by atoms with E-state index in [-0.39, 0.29) is 35.4 Å². The van der Waals surface area contributed by atoms with Gasteiger partial charge in [0.05, 0.1) is 22.7 Å². The number of amides is 2. The van der Waals surface area contributed by atoms with Crippen molar-refractivity contribution in [3.63, 3.8) is 0 Å². The van der Waals surface area contributed by atoms with Gasteiger partial charge in [0.25, 0.3) is 5.91 Å². The number of unbranched alkanes of at least 4 members (excludes halogenated alkanes) is 1. The third kappa shape index (κ3) is 6.08. The predicted molar refractivity (Wildman–Crippen MR) is 155 cm³/mol. The molecule has 0 fully saturated rings. The molecule has 2 amide bonds. The van der Waals surface area contributed by atoms with E-state index in [1.165, 1.54) is 25.1 Å². The Labute approximate surface area is 259 Å². The standard InChI is InChI=1S/C27H32N4O8.C2HF3O2/c1-11-12-7-8-15(30-16(32)6-4-5-9-28)21(33)17(12)22(34)18-13(11)10-14-20(31(2)3)23(35)19(26(29)38)25(37)27(14,39)24(18)36;3-2(4,5)1(6)7/h7-8,14,20,33-34,37,39H,4-6,9-10,28H2,1-3H3,(H2,29,38)(H,30,32);(H,6,7)/t14-,20-,27-;/m0./s1. The van der Waals surface area contributed by atoms with E-state index in [9.17, 15) is 52.8 Å². The number of halogens is 3. The van der Waals surface area contributed by atoms with E-state index >= 15 is 0 Å². The molecule has 17 heteroatoms. The highest BCUT2D eigenvalue weighted by Gasteiger charge is 2.62. The topological polar surface area (TPSA) is 254 Å². The molecule has 0 heterocycles. The average molecular weight is 655 g/mol. The smallest absolute Gasteiger partial charge is 0.490 e. The number of fused-ring (bicyclic) bond motifs is 3. The summed E-state index contributed by atoms with van der Waals surface area (Å²) >= 11 is 0. The molecule has 2 aliphatic rings. The minimum atomic E-state index is -5.08. The van der Waals surface area contributed by atoms with Crippen molar-refractivity contribution in [2.24, 2.45) is 17.4 Å². The third-order valence-electron chi connectivity index (χ3n) is 8.02. The van der Waals surface area contributed by atoms with E-state index in [4.69, 9.17) is 21.4 Å². The Balaban J connectivity index is 0.000000738. The summed E-state index contributed by atoms with van der Waals surface area (Å²) in [5, 5.41) is 54.9. The molecule has 0 aliphatic heterocycles. The number of likely N-dealkylation sites (N-methyl/N-ethyl adjacent to an activating group) is 1. The maximum absolute atomic E-state index is 13.9. The number of hydrogen-bond acceptors (Lipinski definition) is 11. The van der Waals surface area contributed by atoms with Crippen molar-refractivity contribution in [3.8, 4) is 11.5 Å². The SMILES string of the molecule is Cc1c2c(c(O)c3c(O)c(NC(=O)CCCCN)ccc13)C(=O)[C@]1(O)C(O)=C(C(N)=O)C(=O)[C@@H](N(C)C)[C@@H]1C2.O=C(O)C(F)(F)F. The minimum absolute atomic E-state index is 0.00411. The van der Waals surface area contributed by atoms with E-state index in [1.54, 1.807) is 13.0 Å². The van der Waals surface area contributed by atoms with Gasteiger partial charge in [0, 0.05) is 12.3 Å². The molecule has 0 unspecified atom stereocenters. The molecule has 14 nitrogen and oxygen atoms in total. The second-order valence-electron chi connectivity index (χ2n) is 11.1. The maximum Gasteiger partial charge on any atom is 0.490 e. The largest absolute Gasteiger partial charge is 0.508 e. The predicted octanol–water partition coefficient (Wildman–Crippen LogP) is 1.16. The molecule has 0 aromatic heterocycles. The van der Waals surface area contributed by atoms with Crippen molar-refractivity contribution in [1.29, 1.82) is 0 Å². The van der Waals surface area contributed by atoms with Crippen LogP contribution in [0.25, 0.3) is 10.8 Å². The van der Waals surface area contributed by atoms with E-state index in [0.717, 1.165) is 0 Å². The molecule has 0 radical (unpaired) electrons. The number of phenolic OH excluding ortho intramolecular Hbond substituents is 2. The van der Waals surface area contributed by atoms with Crippen molar-refractivity contribution < 1.29 is 62.7 Å². The van der Waals surface area contributed by atoms with Gasteiger partial charge in [-0.25, -0.2) is 4.79 Å². The van der Waals surface area contributed by atoms with Gasteiger partial charge in [-0.15, -0.1) is 0 Å². The number of nitrogens with zero attached hydrogens (tertiary/aromatic N) is 1. The number of carboxylic acids is 1. The van der Waals surface area contributed by atoms with Gasteiger partial charge in [-0.1, -0.05) is 6.07 Å². The number of rotatable bonds is 7. The molecule has 0 bridgehead atoms. The highest BCUT2D eigenvalue weighted by molar-refractivity contribution is 6.25. The highest BCUT2D eigenvalue weighted by Crippen LogP contribution is 2.51. The molecule has 4 rings (SSSR count). The molecule has 0 saturated carbocycles. The fraction of sp³-hybridized carbons (Fsp3) is 0.414. The molecule has 3 atom stereocenters. The van der Waals surface area contributed by atoms with Gasteiger partial charge in [-0.05, 0) is 69.4 Å². The normalized spacial score (nSPS) is 21.0. The molecule has 0 spiro atoms. The second-order valence-corrected chi connectivity index (χ2v) is 11.1. The van der Waals surface area contributed by atoms with E-state index in [0.29, 0.717) is 35.9 Å². The van der Waals surface area contributed by atoms with Crippen LogP contribution in [0.2, 0.25) is 0 Å². The first-order chi connectivity index (χ1) is 21.2. The number of alkyl halides is 3. The number of ketones is 2. The molecule has 2 aliphatic carbocycles. The van der Waals surface area contributed by atoms with Crippen LogP contribution >= 0.6 is 0 Å². The molecule has 46 heavy (non-hydrogen) atoms. The number of carboxylic acid groups (broad SMARTS) is 1. The number of aliphatic hydroxyl groups is 2. The average Bonchev–Trinajstić information content (AvgIpc) is 2.94. The van der Waals surface area contributed by atoms with Gasteiger partial charge >= 0.3 is 12.1 Å². The van der Waals surface area contributed by atoms with Crippen LogP contribution in [0.5, 0.6) is 11.5 Å². The second kappa shape index (κ2) is 12.9. The number of aryl methyl sites for hydroxylation is 1. The van der Waals surface area contributed by atoms with Gasteiger partial charge in [0.2, 0.25) is 11.7 Å². The lowest BCUT2D eigenvalue weighted by Crippen LogP contribution is -2.64. The maximum atomic E-state index is 13.9. The van der Waals surface area contributed by atoms with Crippen molar-refractivity contribution in [2.75, 3.05) is 26.0 Å². The zero-order valence-electron chi connectivity index (χ0n) is 24.9. The summed E-state index contributed by atoms with van der Waals surface area (Å²) in [5.74, 6) is -9.97. The molecular weight excluding hydrogens is 621 g/mol. The quantitative estimate of drug-likeness (QED) is 0.119. The van der Waals surface area contributed by atoms with Crippen molar-refractivity contribution in [3.05, 3.63) is 40.2 Å². The minimum Gasteiger partial charge on any atom is -0.508 e. The molecule has 250 valence electrons. The van der Waals surface area contributed by atoms with Gasteiger partial charge in [-0.2, -0.15) is 13.2 Å². The van der Waals surface area contributed by atoms with E-state index < -0.39 is 70.0 Å². The fourth-order valence-corrected chi connectivity index (χ4v) is 5.82. The zero-order valence-corrected chi connectivity index (χ0v) is 24.9. The number of primary amides is 1. The number of phenols is 2. The Morgan fingerprint density at radius 1 is 1.09 bits per heavy atom. The number of anilines is 1. The van der Waals surface area contributed by atoms with Crippen LogP contribution < -0.4 is 16.8 Å². The van der Waals surface area contributed by atoms with Gasteiger partial charge < -0.3 is 42.3 Å². The van der Waals surface area contributed by atoms with Crippen LogP contribution in [0.15, 0.2) is 23.5 Å². The number of aliphatic hydroxyl groups excluding tert-OH is 1. The summed E-state index contributed by atoms with van der Waals surface area (Å²) in [7, 11) is 3.05. The Morgan fingerprint density at radius 2 is 1.67 bits per heavy atom. The first-order valence-electron chi connectivity index (χ1n) is 13.7. The summed E-state index contributed by atoms with van der Waals surface area (Å²) in [4.78, 5) is 61.8. The Kier molecular flexibility index (Phi) is 10.0. The van der Waals surface area contributed by atoms with Crippen LogP contribution in [-0.2, 0) is 25.6 Å². The lowest BCUT2D eigenvalue weighted by molar-refractivity contribution is -0.192. The fourth-order valence-electron chi connectivity index (χ4n) is 5.82. The third-order valence-corrected chi connectivity index (χ3v) is 8.02. The summed E-state index contributed by atoms with van der Waals surface area (Å²) in [6, 6.07) is 1.86. The number of nitrogens with two attached hydrogens (primary N) is 2. The molecular formula is C29H33F3N4O10. The number of aromatic hydroxyl groups is 2. The first kappa shape index (κ1) is 35.7. The van der Waals surface area contributed by atoms with Crippen molar-refractivity contribution in [2.45, 2.75) is 50.4 Å². The number of benzene rings is 2. The molecule has 2 aromatic carbocycles. The number of aliphatic carboxylic acids is 1. The summed E-state index contributed by atoms with van der Waals surface area (Å²) in [5.41, 5.74) is 7.58. The number of carbonyl (C=O) groups is 5. The lowest BCUT2D eigenvalue weighted by atomic mass is 9.61. The van der Waals surface area contributed by atoms with Crippen LogP contribution in [0.1, 0.15) is 40.7 Å². The Morgan fingerprint density at radius 3 is 2.17 bits per heavy atom. The lowest BCUT2D eigenvalue weighted by Gasteiger charge is -2.47. The number of hydrogen-bond donors (Lipinski definition) is 8. The zero-order chi connectivity index (χ0) is 35.0. The summed E-state index contributed by atoms with van der Waals surface area (Å²) in [6.45, 7) is 2.09. The van der Waals surface area contributed by atoms with Crippen LogP contribution in [0, 0.1) is 12.8 Å². The summed E-state index contributed by atoms with van der Waals surface area (Å²) in [6.07, 6.45) is -3.85.